The Bertz CT molecular complexity index is 477. The van der Waals surface area contributed by atoms with Crippen LogP contribution in [0.3, 0.4) is 0 Å². The topological polar surface area (TPSA) is 67.4 Å². The molecule has 0 spiro atoms. The lowest BCUT2D eigenvalue weighted by Crippen LogP contribution is -2.27. The summed E-state index contributed by atoms with van der Waals surface area (Å²) in [5.41, 5.74) is 0.634. The third-order valence-electron chi connectivity index (χ3n) is 2.59. The molecule has 1 aromatic rings. The predicted molar refractivity (Wildman–Crippen MR) is 82.2 cm³/mol. The Labute approximate surface area is 127 Å². The maximum atomic E-state index is 11.9. The minimum absolute atomic E-state index is 0.0546. The van der Waals surface area contributed by atoms with E-state index in [9.17, 15) is 9.59 Å². The van der Waals surface area contributed by atoms with Gasteiger partial charge in [0.2, 0.25) is 5.91 Å². The van der Waals surface area contributed by atoms with E-state index in [-0.39, 0.29) is 29.2 Å². The van der Waals surface area contributed by atoms with E-state index in [1.807, 2.05) is 13.8 Å². The number of rotatable bonds is 6. The molecule has 0 radical (unpaired) electrons. The number of halogens is 1. The van der Waals surface area contributed by atoms with Crippen molar-refractivity contribution in [3.63, 3.8) is 0 Å². The van der Waals surface area contributed by atoms with Crippen molar-refractivity contribution >= 4 is 33.4 Å². The van der Waals surface area contributed by atoms with Gasteiger partial charge in [0.25, 0.3) is 5.91 Å². The molecule has 1 atom stereocenters. The van der Waals surface area contributed by atoms with Crippen molar-refractivity contribution in [2.24, 2.45) is 5.92 Å². The summed E-state index contributed by atoms with van der Waals surface area (Å²) in [6.45, 7) is 3.87. The van der Waals surface area contributed by atoms with Gasteiger partial charge in [0.1, 0.15) is 5.75 Å². The smallest absolute Gasteiger partial charge is 0.257 e. The molecule has 2 amide bonds. The van der Waals surface area contributed by atoms with Crippen molar-refractivity contribution in [3.8, 4) is 5.75 Å². The molecule has 110 valence electrons. The van der Waals surface area contributed by atoms with Gasteiger partial charge in [-0.1, -0.05) is 35.8 Å². The second kappa shape index (κ2) is 7.89. The van der Waals surface area contributed by atoms with Gasteiger partial charge in [0, 0.05) is 18.8 Å². The number of nitrogens with one attached hydrogen (secondary N) is 2. The molecule has 2 N–H and O–H groups in total. The number of carbonyl (C=O) groups excluding carboxylic acids is 2. The Kier molecular flexibility index (Phi) is 6.51. The molecule has 20 heavy (non-hydrogen) atoms. The molecular formula is C14H19BrN2O3. The number of hydrogen-bond acceptors (Lipinski definition) is 3. The van der Waals surface area contributed by atoms with Crippen molar-refractivity contribution in [2.45, 2.75) is 18.7 Å². The Morgan fingerprint density at radius 3 is 2.65 bits per heavy atom. The Morgan fingerprint density at radius 1 is 1.35 bits per heavy atom. The zero-order chi connectivity index (χ0) is 15.1. The van der Waals surface area contributed by atoms with Crippen LogP contribution in [0.25, 0.3) is 0 Å². The summed E-state index contributed by atoms with van der Waals surface area (Å²) in [5, 5.41) is 5.27. The van der Waals surface area contributed by atoms with Crippen molar-refractivity contribution in [1.29, 1.82) is 0 Å². The molecule has 6 heteroatoms. The summed E-state index contributed by atoms with van der Waals surface area (Å²) in [5.74, 6) is 0.410. The number of benzene rings is 1. The van der Waals surface area contributed by atoms with E-state index in [0.29, 0.717) is 11.4 Å². The number of alkyl halides is 1. The third-order valence-corrected chi connectivity index (χ3v) is 4.06. The van der Waals surface area contributed by atoms with Gasteiger partial charge in [-0.3, -0.25) is 9.59 Å². The maximum Gasteiger partial charge on any atom is 0.257 e. The summed E-state index contributed by atoms with van der Waals surface area (Å²) >= 11 is 3.35. The standard InChI is InChI=1S/C14H19BrN2O3/c1-9(2)13(15)14(19)17-10-5-4-6-11(7-10)20-8-12(18)16-3/h4-7,9,13H,8H2,1-3H3,(H,16,18)(H,17,19). The average Bonchev–Trinajstić information content (AvgIpc) is 2.44. The summed E-state index contributed by atoms with van der Waals surface area (Å²) in [7, 11) is 1.55. The van der Waals surface area contributed by atoms with Gasteiger partial charge in [0.15, 0.2) is 6.61 Å². The van der Waals surface area contributed by atoms with Crippen LogP contribution < -0.4 is 15.4 Å². The molecular weight excluding hydrogens is 324 g/mol. The molecule has 0 heterocycles. The van der Waals surface area contributed by atoms with Crippen LogP contribution in [0.5, 0.6) is 5.75 Å². The number of carbonyl (C=O) groups is 2. The van der Waals surface area contributed by atoms with Crippen LogP contribution in [-0.4, -0.2) is 30.3 Å². The van der Waals surface area contributed by atoms with Crippen LogP contribution in [0.1, 0.15) is 13.8 Å². The van der Waals surface area contributed by atoms with Crippen molar-refractivity contribution < 1.29 is 14.3 Å². The molecule has 1 aromatic carbocycles. The second-order valence-corrected chi connectivity index (χ2v) is 5.61. The molecule has 0 fully saturated rings. The predicted octanol–water partition coefficient (Wildman–Crippen LogP) is 2.17. The van der Waals surface area contributed by atoms with E-state index in [2.05, 4.69) is 26.6 Å². The lowest BCUT2D eigenvalue weighted by atomic mass is 10.1. The minimum Gasteiger partial charge on any atom is -0.484 e. The Balaban J connectivity index is 2.64. The molecule has 0 aliphatic carbocycles. The molecule has 5 nitrogen and oxygen atoms in total. The number of likely N-dealkylation sites (N-methyl/N-ethyl adjacent to an activating group) is 1. The molecule has 0 saturated heterocycles. The molecule has 0 aromatic heterocycles. The van der Waals surface area contributed by atoms with Crippen LogP contribution in [-0.2, 0) is 9.59 Å². The first-order chi connectivity index (χ1) is 9.43. The van der Waals surface area contributed by atoms with Crippen LogP contribution in [0, 0.1) is 5.92 Å². The zero-order valence-electron chi connectivity index (χ0n) is 11.8. The van der Waals surface area contributed by atoms with E-state index >= 15 is 0 Å². The van der Waals surface area contributed by atoms with Gasteiger partial charge in [-0.15, -0.1) is 0 Å². The Morgan fingerprint density at radius 2 is 2.05 bits per heavy atom. The van der Waals surface area contributed by atoms with Gasteiger partial charge in [-0.05, 0) is 18.1 Å². The summed E-state index contributed by atoms with van der Waals surface area (Å²) in [4.78, 5) is 22.8. The summed E-state index contributed by atoms with van der Waals surface area (Å²) in [6, 6.07) is 6.94. The van der Waals surface area contributed by atoms with Gasteiger partial charge in [-0.2, -0.15) is 0 Å². The first kappa shape index (κ1) is 16.5. The van der Waals surface area contributed by atoms with E-state index in [0.717, 1.165) is 0 Å². The fourth-order valence-electron chi connectivity index (χ4n) is 1.40. The summed E-state index contributed by atoms with van der Waals surface area (Å²) in [6.07, 6.45) is 0. The zero-order valence-corrected chi connectivity index (χ0v) is 13.4. The second-order valence-electron chi connectivity index (χ2n) is 4.62. The van der Waals surface area contributed by atoms with Gasteiger partial charge < -0.3 is 15.4 Å². The van der Waals surface area contributed by atoms with Gasteiger partial charge in [0.05, 0.1) is 4.83 Å². The summed E-state index contributed by atoms with van der Waals surface area (Å²) < 4.78 is 5.31. The number of anilines is 1. The van der Waals surface area contributed by atoms with Gasteiger partial charge >= 0.3 is 0 Å². The lowest BCUT2D eigenvalue weighted by molar-refractivity contribution is -0.122. The van der Waals surface area contributed by atoms with Crippen LogP contribution in [0.4, 0.5) is 5.69 Å². The quantitative estimate of drug-likeness (QED) is 0.778. The SMILES string of the molecule is CNC(=O)COc1cccc(NC(=O)C(Br)C(C)C)c1. The van der Waals surface area contributed by atoms with Crippen LogP contribution in [0.2, 0.25) is 0 Å². The lowest BCUT2D eigenvalue weighted by Gasteiger charge is -2.14. The molecule has 0 aliphatic heterocycles. The van der Waals surface area contributed by atoms with E-state index < -0.39 is 0 Å². The highest BCUT2D eigenvalue weighted by Gasteiger charge is 2.18. The Hall–Kier alpha value is -1.56. The molecule has 0 saturated carbocycles. The number of hydrogen-bond donors (Lipinski definition) is 2. The fraction of sp³-hybridized carbons (Fsp3) is 0.429. The largest absolute Gasteiger partial charge is 0.484 e. The van der Waals surface area contributed by atoms with Crippen molar-refractivity contribution in [1.82, 2.24) is 5.32 Å². The van der Waals surface area contributed by atoms with E-state index in [4.69, 9.17) is 4.74 Å². The maximum absolute atomic E-state index is 11.9. The van der Waals surface area contributed by atoms with E-state index in [1.165, 1.54) is 0 Å². The van der Waals surface area contributed by atoms with Crippen LogP contribution in [0.15, 0.2) is 24.3 Å². The molecule has 1 rings (SSSR count). The molecule has 1 unspecified atom stereocenters. The van der Waals surface area contributed by atoms with Crippen molar-refractivity contribution in [3.05, 3.63) is 24.3 Å². The highest BCUT2D eigenvalue weighted by atomic mass is 79.9. The van der Waals surface area contributed by atoms with Crippen LogP contribution >= 0.6 is 15.9 Å². The third kappa shape index (κ3) is 5.21. The highest BCUT2D eigenvalue weighted by molar-refractivity contribution is 9.10. The monoisotopic (exact) mass is 342 g/mol. The first-order valence-corrected chi connectivity index (χ1v) is 7.24. The van der Waals surface area contributed by atoms with E-state index in [1.54, 1.807) is 31.3 Å². The molecule has 0 bridgehead atoms. The normalized spacial score (nSPS) is 11.8. The molecule has 0 aliphatic rings. The van der Waals surface area contributed by atoms with Crippen molar-refractivity contribution in [2.75, 3.05) is 19.0 Å². The van der Waals surface area contributed by atoms with Gasteiger partial charge in [-0.25, -0.2) is 0 Å². The average molecular weight is 343 g/mol. The highest BCUT2D eigenvalue weighted by Crippen LogP contribution is 2.19. The minimum atomic E-state index is -0.252. The number of amides is 2. The fourth-order valence-corrected chi connectivity index (χ4v) is 1.51. The first-order valence-electron chi connectivity index (χ1n) is 6.32. The number of ether oxygens (including phenoxy) is 1.